The summed E-state index contributed by atoms with van der Waals surface area (Å²) in [6.45, 7) is 3.33. The molecule has 3 aromatic rings. The van der Waals surface area contributed by atoms with E-state index in [1.54, 1.807) is 0 Å². The number of nitrogens with zero attached hydrogens (tertiary/aromatic N) is 3. The lowest BCUT2D eigenvalue weighted by atomic mass is 9.81. The van der Waals surface area contributed by atoms with Crippen LogP contribution in [0.5, 0.6) is 0 Å². The highest BCUT2D eigenvalue weighted by molar-refractivity contribution is 5.81. The second-order valence-corrected chi connectivity index (χ2v) is 9.01. The molecular formula is C25H27F2N3O2. The molecule has 5 rings (SSSR count). The van der Waals surface area contributed by atoms with Crippen molar-refractivity contribution in [2.45, 2.75) is 51.6 Å². The largest absolute Gasteiger partial charge is 0.272 e. The van der Waals surface area contributed by atoms with E-state index in [-0.39, 0.29) is 11.8 Å². The fourth-order valence-corrected chi connectivity index (χ4v) is 5.16. The van der Waals surface area contributed by atoms with E-state index in [2.05, 4.69) is 17.7 Å². The van der Waals surface area contributed by atoms with Crippen molar-refractivity contribution >= 4 is 16.8 Å². The molecule has 168 valence electrons. The van der Waals surface area contributed by atoms with E-state index in [0.717, 1.165) is 43.8 Å². The second-order valence-electron chi connectivity index (χ2n) is 9.01. The number of fused-ring (bicyclic) bond motifs is 1. The van der Waals surface area contributed by atoms with Crippen LogP contribution < -0.4 is 0 Å². The molecule has 1 saturated carbocycles. The lowest BCUT2D eigenvalue weighted by Gasteiger charge is -2.32. The highest BCUT2D eigenvalue weighted by Gasteiger charge is 2.37. The quantitative estimate of drug-likeness (QED) is 0.552. The number of rotatable bonds is 4. The van der Waals surface area contributed by atoms with Gasteiger partial charge in [0.1, 0.15) is 11.6 Å². The van der Waals surface area contributed by atoms with Gasteiger partial charge < -0.3 is 0 Å². The fraction of sp³-hybridized carbons (Fsp3) is 0.440. The Morgan fingerprint density at radius 3 is 2.50 bits per heavy atom. The molecule has 2 heterocycles. The summed E-state index contributed by atoms with van der Waals surface area (Å²) in [5, 5.41) is 7.29. The van der Waals surface area contributed by atoms with Gasteiger partial charge in [-0.1, -0.05) is 18.2 Å². The molecule has 0 radical (unpaired) electrons. The zero-order valence-electron chi connectivity index (χ0n) is 18.1. The van der Waals surface area contributed by atoms with Crippen LogP contribution in [0.25, 0.3) is 10.9 Å². The highest BCUT2D eigenvalue weighted by Crippen LogP contribution is 2.37. The van der Waals surface area contributed by atoms with Crippen LogP contribution in [0.4, 0.5) is 8.78 Å². The van der Waals surface area contributed by atoms with E-state index in [9.17, 15) is 13.6 Å². The molecule has 7 heteroatoms. The van der Waals surface area contributed by atoms with Gasteiger partial charge in [0.25, 0.3) is 0 Å². The van der Waals surface area contributed by atoms with Crippen molar-refractivity contribution < 1.29 is 18.4 Å². The van der Waals surface area contributed by atoms with Gasteiger partial charge in [0.2, 0.25) is 5.91 Å². The first kappa shape index (κ1) is 21.1. The monoisotopic (exact) mass is 439 g/mol. The van der Waals surface area contributed by atoms with Crippen LogP contribution in [0.15, 0.2) is 42.5 Å². The molecule has 2 aliphatic rings. The maximum absolute atomic E-state index is 13.7. The zero-order valence-corrected chi connectivity index (χ0v) is 18.1. The summed E-state index contributed by atoms with van der Waals surface area (Å²) in [6.07, 6.45) is 4.00. The molecule has 2 fully saturated rings. The van der Waals surface area contributed by atoms with E-state index >= 15 is 0 Å². The molecule has 1 aliphatic heterocycles. The number of hydroxylamine groups is 2. The summed E-state index contributed by atoms with van der Waals surface area (Å²) in [7, 11) is 0. The van der Waals surface area contributed by atoms with Crippen LogP contribution in [0, 0.1) is 30.4 Å². The molecule has 2 aromatic carbocycles. The van der Waals surface area contributed by atoms with Gasteiger partial charge in [0.15, 0.2) is 0 Å². The molecular weight excluding hydrogens is 412 g/mol. The van der Waals surface area contributed by atoms with Gasteiger partial charge in [-0.15, -0.1) is 0 Å². The van der Waals surface area contributed by atoms with Crippen molar-refractivity contribution in [1.29, 1.82) is 0 Å². The highest BCUT2D eigenvalue weighted by atomic mass is 19.1. The van der Waals surface area contributed by atoms with Gasteiger partial charge in [-0.2, -0.15) is 5.10 Å². The normalized spacial score (nSPS) is 23.7. The van der Waals surface area contributed by atoms with Gasteiger partial charge in [-0.25, -0.2) is 13.8 Å². The Hall–Kier alpha value is -2.80. The Morgan fingerprint density at radius 2 is 1.78 bits per heavy atom. The Kier molecular flexibility index (Phi) is 5.67. The van der Waals surface area contributed by atoms with Gasteiger partial charge in [-0.3, -0.25) is 14.3 Å². The van der Waals surface area contributed by atoms with Crippen molar-refractivity contribution in [3.8, 4) is 0 Å². The van der Waals surface area contributed by atoms with Crippen molar-refractivity contribution in [1.82, 2.24) is 14.8 Å². The van der Waals surface area contributed by atoms with Crippen molar-refractivity contribution in [2.75, 3.05) is 6.61 Å². The summed E-state index contributed by atoms with van der Waals surface area (Å²) < 4.78 is 29.5. The molecule has 5 nitrogen and oxygen atoms in total. The van der Waals surface area contributed by atoms with E-state index < -0.39 is 17.7 Å². The van der Waals surface area contributed by atoms with Gasteiger partial charge in [0, 0.05) is 36.0 Å². The molecule has 1 atom stereocenters. The van der Waals surface area contributed by atoms with Crippen molar-refractivity contribution in [3.05, 3.63) is 65.4 Å². The average molecular weight is 440 g/mol. The van der Waals surface area contributed by atoms with Crippen LogP contribution in [-0.4, -0.2) is 27.4 Å². The first-order valence-corrected chi connectivity index (χ1v) is 11.3. The Balaban J connectivity index is 1.22. The molecule has 32 heavy (non-hydrogen) atoms. The van der Waals surface area contributed by atoms with Gasteiger partial charge in [-0.05, 0) is 62.3 Å². The number of carbonyl (C=O) groups is 1. The van der Waals surface area contributed by atoms with E-state index in [4.69, 9.17) is 9.94 Å². The molecule has 1 aromatic heterocycles. The standard InChI is InChI=1S/C25H27F2N3O2/c1-16-22-4-2-3-5-23(22)28-29(16)15-17-6-8-18(9-7-17)25(31)30-24(10-11-32-30)19-12-20(26)14-21(27)13-19/h2-5,12-14,17-18,24H,6-11,15H2,1H3/t17?,18?,24-/m0/s1. The summed E-state index contributed by atoms with van der Waals surface area (Å²) in [4.78, 5) is 18.8. The molecule has 1 saturated heterocycles. The van der Waals surface area contributed by atoms with Gasteiger partial charge >= 0.3 is 0 Å². The maximum atomic E-state index is 13.7. The average Bonchev–Trinajstić information content (AvgIpc) is 3.39. The lowest BCUT2D eigenvalue weighted by molar-refractivity contribution is -0.183. The second kappa shape index (κ2) is 8.62. The predicted molar refractivity (Wildman–Crippen MR) is 116 cm³/mol. The van der Waals surface area contributed by atoms with E-state index in [0.29, 0.717) is 24.5 Å². The molecule has 0 bridgehead atoms. The number of halogens is 2. The lowest BCUT2D eigenvalue weighted by Crippen LogP contribution is -2.37. The molecule has 1 amide bonds. The summed E-state index contributed by atoms with van der Waals surface area (Å²) >= 11 is 0. The number of carbonyl (C=O) groups excluding carboxylic acids is 1. The van der Waals surface area contributed by atoms with Crippen LogP contribution >= 0.6 is 0 Å². The van der Waals surface area contributed by atoms with Crippen LogP contribution in [0.2, 0.25) is 0 Å². The minimum Gasteiger partial charge on any atom is -0.272 e. The van der Waals surface area contributed by atoms with E-state index in [1.165, 1.54) is 28.3 Å². The third-order valence-corrected chi connectivity index (χ3v) is 6.93. The SMILES string of the molecule is Cc1c2ccccc2nn1CC1CCC(C(=O)N2OCC[C@H]2c2cc(F)cc(F)c2)CC1. The summed E-state index contributed by atoms with van der Waals surface area (Å²) in [5.74, 6) is -0.998. The molecule has 1 aliphatic carbocycles. The number of benzene rings is 2. The topological polar surface area (TPSA) is 47.4 Å². The number of hydrogen-bond donors (Lipinski definition) is 0. The number of aromatic nitrogens is 2. The number of aryl methyl sites for hydroxylation is 1. The smallest absolute Gasteiger partial charge is 0.249 e. The number of hydrogen-bond acceptors (Lipinski definition) is 3. The molecule has 0 unspecified atom stereocenters. The van der Waals surface area contributed by atoms with Crippen molar-refractivity contribution in [3.63, 3.8) is 0 Å². The molecule has 0 N–H and O–H groups in total. The van der Waals surface area contributed by atoms with Crippen molar-refractivity contribution in [2.24, 2.45) is 11.8 Å². The number of amides is 1. The van der Waals surface area contributed by atoms with Gasteiger partial charge in [0.05, 0.1) is 18.2 Å². The van der Waals surface area contributed by atoms with Crippen LogP contribution in [0.1, 0.15) is 49.4 Å². The first-order chi connectivity index (χ1) is 15.5. The van der Waals surface area contributed by atoms with Crippen LogP contribution in [0.3, 0.4) is 0 Å². The molecule has 0 spiro atoms. The summed E-state index contributed by atoms with van der Waals surface area (Å²) in [6, 6.07) is 11.1. The minimum absolute atomic E-state index is 0.0726. The third kappa shape index (κ3) is 4.01. The Morgan fingerprint density at radius 1 is 1.06 bits per heavy atom. The summed E-state index contributed by atoms with van der Waals surface area (Å²) in [5.41, 5.74) is 2.64. The third-order valence-electron chi connectivity index (χ3n) is 6.93. The van der Waals surface area contributed by atoms with E-state index in [1.807, 2.05) is 18.2 Å². The Labute approximate surface area is 185 Å². The maximum Gasteiger partial charge on any atom is 0.249 e. The fourth-order valence-electron chi connectivity index (χ4n) is 5.16. The first-order valence-electron chi connectivity index (χ1n) is 11.3. The minimum atomic E-state index is -0.638. The Bertz CT molecular complexity index is 1120. The van der Waals surface area contributed by atoms with Crippen LogP contribution in [-0.2, 0) is 16.2 Å². The zero-order chi connectivity index (χ0) is 22.2. The predicted octanol–water partition coefficient (Wildman–Crippen LogP) is 5.33.